The van der Waals surface area contributed by atoms with Gasteiger partial charge >= 0.3 is 0 Å². The van der Waals surface area contributed by atoms with Crippen LogP contribution in [-0.4, -0.2) is 50.5 Å². The van der Waals surface area contributed by atoms with E-state index < -0.39 is 28.5 Å². The summed E-state index contributed by atoms with van der Waals surface area (Å²) in [5.74, 6) is -0.781. The minimum absolute atomic E-state index is 0.0839. The Labute approximate surface area is 201 Å². The van der Waals surface area contributed by atoms with E-state index in [-0.39, 0.29) is 12.5 Å². The van der Waals surface area contributed by atoms with Crippen LogP contribution in [0.1, 0.15) is 38.3 Å². The molecule has 0 saturated carbocycles. The molecule has 0 aliphatic carbocycles. The fourth-order valence-electron chi connectivity index (χ4n) is 3.53. The average Bonchev–Trinajstić information content (AvgIpc) is 2.78. The highest BCUT2D eigenvalue weighted by molar-refractivity contribution is 7.92. The second-order valence-electron chi connectivity index (χ2n) is 7.72. The topological polar surface area (TPSA) is 86.8 Å². The van der Waals surface area contributed by atoms with Crippen molar-refractivity contribution in [2.45, 2.75) is 46.2 Å². The second kappa shape index (κ2) is 12.0. The lowest BCUT2D eigenvalue weighted by molar-refractivity contribution is -0.140. The maximum absolute atomic E-state index is 13.5. The van der Waals surface area contributed by atoms with E-state index in [1.807, 2.05) is 26.0 Å². The average molecular weight is 494 g/mol. The predicted molar refractivity (Wildman–Crippen MR) is 133 cm³/mol. The van der Waals surface area contributed by atoms with Gasteiger partial charge in [-0.25, -0.2) is 8.42 Å². The van der Waals surface area contributed by atoms with Crippen molar-refractivity contribution in [1.29, 1.82) is 0 Å². The number of nitrogens with zero attached hydrogens (tertiary/aromatic N) is 2. The van der Waals surface area contributed by atoms with Crippen LogP contribution in [0.5, 0.6) is 0 Å². The van der Waals surface area contributed by atoms with Crippen molar-refractivity contribution in [2.24, 2.45) is 0 Å². The Morgan fingerprint density at radius 1 is 1.03 bits per heavy atom. The van der Waals surface area contributed by atoms with Crippen molar-refractivity contribution >= 4 is 39.1 Å². The van der Waals surface area contributed by atoms with Crippen LogP contribution in [0, 0.1) is 0 Å². The van der Waals surface area contributed by atoms with E-state index in [1.165, 1.54) is 4.90 Å². The highest BCUT2D eigenvalue weighted by Gasteiger charge is 2.31. The fourth-order valence-corrected chi connectivity index (χ4v) is 4.58. The number of anilines is 1. The summed E-state index contributed by atoms with van der Waals surface area (Å²) in [5, 5.41) is 3.23. The predicted octanol–water partition coefficient (Wildman–Crippen LogP) is 3.61. The van der Waals surface area contributed by atoms with Gasteiger partial charge < -0.3 is 10.2 Å². The number of likely N-dealkylation sites (N-methyl/N-ethyl adjacent to an activating group) is 1. The van der Waals surface area contributed by atoms with Gasteiger partial charge in [0.2, 0.25) is 21.8 Å². The molecule has 0 saturated heterocycles. The smallest absolute Gasteiger partial charge is 0.244 e. The lowest BCUT2D eigenvalue weighted by Crippen LogP contribution is -2.52. The van der Waals surface area contributed by atoms with Crippen LogP contribution in [-0.2, 0) is 32.6 Å². The molecule has 9 heteroatoms. The summed E-state index contributed by atoms with van der Waals surface area (Å²) < 4.78 is 26.2. The summed E-state index contributed by atoms with van der Waals surface area (Å²) in [7, 11) is -3.75. The molecule has 1 atom stereocenters. The third kappa shape index (κ3) is 7.20. The number of aryl methyl sites for hydroxylation is 1. The molecule has 0 bridgehead atoms. The van der Waals surface area contributed by atoms with Crippen LogP contribution in [0.25, 0.3) is 0 Å². The van der Waals surface area contributed by atoms with Gasteiger partial charge in [0.25, 0.3) is 0 Å². The minimum Gasteiger partial charge on any atom is -0.355 e. The molecular formula is C24H32ClN3O4S. The Kier molecular flexibility index (Phi) is 9.73. The van der Waals surface area contributed by atoms with E-state index in [0.717, 1.165) is 22.5 Å². The first kappa shape index (κ1) is 26.7. The zero-order valence-electron chi connectivity index (χ0n) is 19.5. The van der Waals surface area contributed by atoms with Crippen molar-refractivity contribution in [3.63, 3.8) is 0 Å². The van der Waals surface area contributed by atoms with Gasteiger partial charge in [0.1, 0.15) is 12.6 Å². The molecule has 2 aromatic carbocycles. The Hall–Kier alpha value is -2.58. The maximum Gasteiger partial charge on any atom is 0.244 e. The summed E-state index contributed by atoms with van der Waals surface area (Å²) in [4.78, 5) is 27.7. The monoisotopic (exact) mass is 493 g/mol. The summed E-state index contributed by atoms with van der Waals surface area (Å²) in [6.45, 7) is 5.69. The summed E-state index contributed by atoms with van der Waals surface area (Å²) in [6, 6.07) is 13.4. The quantitative estimate of drug-likeness (QED) is 0.518. The minimum atomic E-state index is -3.75. The van der Waals surface area contributed by atoms with Crippen molar-refractivity contribution in [1.82, 2.24) is 10.2 Å². The summed E-state index contributed by atoms with van der Waals surface area (Å²) in [5.41, 5.74) is 2.13. The van der Waals surface area contributed by atoms with Crippen LogP contribution < -0.4 is 9.62 Å². The number of carbonyl (C=O) groups is 2. The first-order valence-electron chi connectivity index (χ1n) is 11.0. The van der Waals surface area contributed by atoms with Crippen LogP contribution >= 0.6 is 11.6 Å². The van der Waals surface area contributed by atoms with Crippen LogP contribution in [0.2, 0.25) is 5.02 Å². The molecule has 180 valence electrons. The first-order valence-corrected chi connectivity index (χ1v) is 13.2. The SMILES string of the molecule is CCNC(=O)C(CC)N(Cc1ccccc1Cl)C(=O)CN(c1ccc(CC)cc1)S(C)(=O)=O. The van der Waals surface area contributed by atoms with Gasteiger partial charge in [0.15, 0.2) is 0 Å². The highest BCUT2D eigenvalue weighted by Crippen LogP contribution is 2.22. The third-order valence-corrected chi connectivity index (χ3v) is 6.86. The number of hydrogen-bond donors (Lipinski definition) is 1. The van der Waals surface area contributed by atoms with Gasteiger partial charge in [0, 0.05) is 18.1 Å². The van der Waals surface area contributed by atoms with Gasteiger partial charge in [-0.2, -0.15) is 0 Å². The molecule has 0 spiro atoms. The molecule has 2 aromatic rings. The van der Waals surface area contributed by atoms with E-state index in [0.29, 0.717) is 29.2 Å². The number of rotatable bonds is 11. The van der Waals surface area contributed by atoms with Gasteiger partial charge in [0.05, 0.1) is 11.9 Å². The Balaban J connectivity index is 2.43. The zero-order chi connectivity index (χ0) is 24.6. The summed E-state index contributed by atoms with van der Waals surface area (Å²) in [6.07, 6.45) is 2.24. The summed E-state index contributed by atoms with van der Waals surface area (Å²) >= 11 is 6.32. The van der Waals surface area contributed by atoms with Gasteiger partial charge in [-0.15, -0.1) is 0 Å². The maximum atomic E-state index is 13.5. The molecule has 0 aliphatic heterocycles. The molecule has 0 fully saturated rings. The molecule has 0 aliphatic rings. The second-order valence-corrected chi connectivity index (χ2v) is 10.0. The molecule has 2 amide bonds. The van der Waals surface area contributed by atoms with Crippen LogP contribution in [0.3, 0.4) is 0 Å². The van der Waals surface area contributed by atoms with Crippen molar-refractivity contribution < 1.29 is 18.0 Å². The van der Waals surface area contributed by atoms with E-state index >= 15 is 0 Å². The largest absolute Gasteiger partial charge is 0.355 e. The molecule has 33 heavy (non-hydrogen) atoms. The van der Waals surface area contributed by atoms with Gasteiger partial charge in [-0.05, 0) is 49.1 Å². The number of amides is 2. The number of sulfonamides is 1. The Morgan fingerprint density at radius 3 is 2.18 bits per heavy atom. The lowest BCUT2D eigenvalue weighted by Gasteiger charge is -2.33. The number of hydrogen-bond acceptors (Lipinski definition) is 4. The number of halogens is 1. The lowest BCUT2D eigenvalue weighted by atomic mass is 10.1. The molecule has 0 heterocycles. The molecule has 7 nitrogen and oxygen atoms in total. The molecule has 0 aromatic heterocycles. The van der Waals surface area contributed by atoms with Crippen molar-refractivity contribution in [3.8, 4) is 0 Å². The van der Waals surface area contributed by atoms with Gasteiger partial charge in [-0.3, -0.25) is 13.9 Å². The molecule has 1 unspecified atom stereocenters. The van der Waals surface area contributed by atoms with Crippen LogP contribution in [0.15, 0.2) is 48.5 Å². The zero-order valence-corrected chi connectivity index (χ0v) is 21.1. The van der Waals surface area contributed by atoms with Crippen LogP contribution in [0.4, 0.5) is 5.69 Å². The molecular weight excluding hydrogens is 462 g/mol. The normalized spacial score (nSPS) is 12.2. The molecule has 2 rings (SSSR count). The number of carbonyl (C=O) groups excluding carboxylic acids is 2. The van der Waals surface area contributed by atoms with E-state index in [4.69, 9.17) is 11.6 Å². The molecule has 1 N–H and O–H groups in total. The van der Waals surface area contributed by atoms with Crippen molar-refractivity contribution in [2.75, 3.05) is 23.7 Å². The molecule has 0 radical (unpaired) electrons. The Morgan fingerprint density at radius 2 is 1.67 bits per heavy atom. The Bertz CT molecular complexity index is 1060. The van der Waals surface area contributed by atoms with E-state index in [9.17, 15) is 18.0 Å². The van der Waals surface area contributed by atoms with E-state index in [2.05, 4.69) is 5.32 Å². The van der Waals surface area contributed by atoms with E-state index in [1.54, 1.807) is 43.3 Å². The number of benzene rings is 2. The number of nitrogens with one attached hydrogen (secondary N) is 1. The highest BCUT2D eigenvalue weighted by atomic mass is 35.5. The fraction of sp³-hybridized carbons (Fsp3) is 0.417. The third-order valence-electron chi connectivity index (χ3n) is 5.35. The van der Waals surface area contributed by atoms with Crippen molar-refractivity contribution in [3.05, 3.63) is 64.7 Å². The van der Waals surface area contributed by atoms with Gasteiger partial charge in [-0.1, -0.05) is 55.8 Å². The first-order chi connectivity index (χ1) is 15.6. The standard InChI is InChI=1S/C24H32ClN3O4S/c1-5-18-12-14-20(15-13-18)28(33(4,31)32)17-23(29)27(22(6-2)24(30)26-7-3)16-19-10-8-9-11-21(19)25/h8-15,22H,5-7,16-17H2,1-4H3,(H,26,30).